The van der Waals surface area contributed by atoms with Crippen molar-refractivity contribution in [3.05, 3.63) is 47.3 Å². The van der Waals surface area contributed by atoms with E-state index >= 15 is 0 Å². The third-order valence-corrected chi connectivity index (χ3v) is 4.24. The van der Waals surface area contributed by atoms with Crippen LogP contribution in [0, 0.1) is 13.8 Å². The Morgan fingerprint density at radius 1 is 1.00 bits per heavy atom. The Balaban J connectivity index is 2.67. The molecule has 0 aliphatic carbocycles. The van der Waals surface area contributed by atoms with E-state index in [1.165, 1.54) is 13.8 Å². The summed E-state index contributed by atoms with van der Waals surface area (Å²) < 4.78 is 89.0. The molecule has 0 saturated heterocycles. The van der Waals surface area contributed by atoms with Gasteiger partial charge < -0.3 is 4.74 Å². The highest BCUT2D eigenvalue weighted by Crippen LogP contribution is 2.53. The Labute approximate surface area is 169 Å². The summed E-state index contributed by atoms with van der Waals surface area (Å²) in [6.07, 6.45) is -10.9. The van der Waals surface area contributed by atoms with Crippen molar-refractivity contribution in [2.75, 3.05) is 5.32 Å². The van der Waals surface area contributed by atoms with Gasteiger partial charge in [-0.1, -0.05) is 12.1 Å². The van der Waals surface area contributed by atoms with E-state index in [0.717, 1.165) is 24.4 Å². The van der Waals surface area contributed by atoms with E-state index in [2.05, 4.69) is 10.4 Å². The number of nitrogens with zero attached hydrogens (tertiary/aromatic N) is 2. The fourth-order valence-corrected chi connectivity index (χ4v) is 3.12. The molecule has 5 nitrogen and oxygen atoms in total. The molecule has 30 heavy (non-hydrogen) atoms. The minimum atomic E-state index is -5.75. The number of rotatable bonds is 3. The van der Waals surface area contributed by atoms with Crippen LogP contribution in [-0.2, 0) is 10.3 Å². The van der Waals surface area contributed by atoms with E-state index in [0.29, 0.717) is 6.20 Å². The number of halogens is 6. The average Bonchev–Trinajstić information content (AvgIpc) is 3.01. The molecule has 0 radical (unpaired) electrons. The first-order valence-electron chi connectivity index (χ1n) is 8.76. The van der Waals surface area contributed by atoms with Gasteiger partial charge in [-0.3, -0.25) is 5.32 Å². The number of anilines is 1. The normalized spacial score (nSPS) is 13.3. The lowest BCUT2D eigenvalue weighted by Crippen LogP contribution is -2.59. The Kier molecular flexibility index (Phi) is 5.90. The number of alkyl halides is 6. The number of hydrogen-bond acceptors (Lipinski definition) is 3. The fourth-order valence-electron chi connectivity index (χ4n) is 3.12. The second kappa shape index (κ2) is 7.51. The number of amides is 1. The van der Waals surface area contributed by atoms with Gasteiger partial charge in [0.05, 0.1) is 0 Å². The van der Waals surface area contributed by atoms with Gasteiger partial charge in [-0.15, -0.1) is 0 Å². The van der Waals surface area contributed by atoms with Gasteiger partial charge in [-0.2, -0.15) is 31.4 Å². The zero-order chi connectivity index (χ0) is 23.1. The molecule has 1 aromatic carbocycles. The maximum Gasteiger partial charge on any atom is 0.426 e. The van der Waals surface area contributed by atoms with Crippen LogP contribution in [0.2, 0.25) is 0 Å². The monoisotopic (exact) mass is 437 g/mol. The molecule has 0 atom stereocenters. The van der Waals surface area contributed by atoms with Gasteiger partial charge >= 0.3 is 18.4 Å². The number of ether oxygens (including phenoxy) is 1. The Morgan fingerprint density at radius 3 is 1.87 bits per heavy atom. The zero-order valence-corrected chi connectivity index (χ0v) is 16.9. The molecule has 1 heterocycles. The van der Waals surface area contributed by atoms with Crippen molar-refractivity contribution in [2.24, 2.45) is 0 Å². The molecule has 1 N–H and O–H groups in total. The number of carbonyl (C=O) groups is 1. The molecule has 2 aromatic rings. The van der Waals surface area contributed by atoms with Crippen molar-refractivity contribution in [3.63, 3.8) is 0 Å². The zero-order valence-electron chi connectivity index (χ0n) is 16.9. The molecule has 0 bridgehead atoms. The van der Waals surface area contributed by atoms with E-state index in [9.17, 15) is 31.1 Å². The number of carbonyl (C=O) groups excluding carboxylic acids is 1. The van der Waals surface area contributed by atoms with Gasteiger partial charge in [0.2, 0.25) is 0 Å². The van der Waals surface area contributed by atoms with Crippen LogP contribution in [0.1, 0.15) is 37.5 Å². The molecule has 0 unspecified atom stereocenters. The van der Waals surface area contributed by atoms with Crippen molar-refractivity contribution in [1.82, 2.24) is 9.78 Å². The van der Waals surface area contributed by atoms with Crippen molar-refractivity contribution in [3.8, 4) is 0 Å². The Morgan fingerprint density at radius 2 is 1.50 bits per heavy atom. The van der Waals surface area contributed by atoms with E-state index in [1.54, 1.807) is 20.8 Å². The largest absolute Gasteiger partial charge is 0.444 e. The average molecular weight is 437 g/mol. The maximum atomic E-state index is 14.0. The van der Waals surface area contributed by atoms with Gasteiger partial charge in [0.1, 0.15) is 5.60 Å². The van der Waals surface area contributed by atoms with Crippen molar-refractivity contribution in [1.29, 1.82) is 0 Å². The third kappa shape index (κ3) is 4.24. The molecule has 11 heteroatoms. The predicted octanol–water partition coefficient (Wildman–Crippen LogP) is 5.72. The van der Waals surface area contributed by atoms with Crippen LogP contribution in [0.25, 0.3) is 0 Å². The minimum Gasteiger partial charge on any atom is -0.444 e. The summed E-state index contributed by atoms with van der Waals surface area (Å²) in [7, 11) is 0. The van der Waals surface area contributed by atoms with Gasteiger partial charge in [-0.05, 0) is 57.4 Å². The predicted molar refractivity (Wildman–Crippen MR) is 97.2 cm³/mol. The van der Waals surface area contributed by atoms with E-state index in [4.69, 9.17) is 4.74 Å². The van der Waals surface area contributed by atoms with Crippen LogP contribution >= 0.6 is 0 Å². The summed E-state index contributed by atoms with van der Waals surface area (Å²) >= 11 is 0. The Bertz CT molecular complexity index is 875. The summed E-state index contributed by atoms with van der Waals surface area (Å²) in [6.45, 7) is 7.43. The number of aromatic nitrogens is 2. The van der Waals surface area contributed by atoms with Crippen LogP contribution in [0.4, 0.5) is 36.8 Å². The van der Waals surface area contributed by atoms with Crippen molar-refractivity contribution in [2.45, 2.75) is 58.1 Å². The van der Waals surface area contributed by atoms with Crippen LogP contribution in [0.3, 0.4) is 0 Å². The molecule has 0 spiro atoms. The smallest absolute Gasteiger partial charge is 0.426 e. The van der Waals surface area contributed by atoms with Gasteiger partial charge in [-0.25, -0.2) is 9.48 Å². The molecule has 1 amide bonds. The molecular weight excluding hydrogens is 416 g/mol. The standard InChI is InChI=1S/C19H21F6N3O2/c1-11-9-13(10-12(2)14(11)27-15(29)30-16(3,4)5)17(18(20,21)22,19(23,24)25)28-8-6-7-26-28/h6-10H,1-5H3,(H,27,29). The number of benzene rings is 1. The summed E-state index contributed by atoms with van der Waals surface area (Å²) in [6, 6.07) is 2.45. The molecule has 0 aliphatic rings. The number of aryl methyl sites for hydroxylation is 2. The molecule has 0 saturated carbocycles. The SMILES string of the molecule is Cc1cc(C(n2cccn2)(C(F)(F)F)C(F)(F)F)cc(C)c1NC(=O)OC(C)(C)C. The van der Waals surface area contributed by atoms with E-state index < -0.39 is 35.1 Å². The highest BCUT2D eigenvalue weighted by atomic mass is 19.4. The minimum absolute atomic E-state index is 0.000824. The quantitative estimate of drug-likeness (QED) is 0.626. The summed E-state index contributed by atoms with van der Waals surface area (Å²) in [4.78, 5) is 12.0. The van der Waals surface area contributed by atoms with Crippen LogP contribution in [-0.4, -0.2) is 33.8 Å². The second-order valence-corrected chi connectivity index (χ2v) is 7.77. The van der Waals surface area contributed by atoms with Gasteiger partial charge in [0, 0.05) is 18.1 Å². The maximum absolute atomic E-state index is 14.0. The van der Waals surface area contributed by atoms with Crippen LogP contribution in [0.15, 0.2) is 30.6 Å². The summed E-state index contributed by atoms with van der Waals surface area (Å²) in [5.74, 6) is 0. The lowest BCUT2D eigenvalue weighted by molar-refractivity contribution is -0.316. The summed E-state index contributed by atoms with van der Waals surface area (Å²) in [5.41, 5.74) is -6.25. The topological polar surface area (TPSA) is 56.2 Å². The van der Waals surface area contributed by atoms with Crippen molar-refractivity contribution < 1.29 is 35.9 Å². The van der Waals surface area contributed by atoms with Crippen molar-refractivity contribution >= 4 is 11.8 Å². The molecule has 1 aromatic heterocycles. The van der Waals surface area contributed by atoms with Crippen LogP contribution < -0.4 is 5.32 Å². The second-order valence-electron chi connectivity index (χ2n) is 7.77. The molecule has 166 valence electrons. The number of hydrogen-bond donors (Lipinski definition) is 1. The summed E-state index contributed by atoms with van der Waals surface area (Å²) in [5, 5.41) is 5.64. The van der Waals surface area contributed by atoms with Gasteiger partial charge in [0.25, 0.3) is 5.54 Å². The molecule has 0 aliphatic heterocycles. The lowest BCUT2D eigenvalue weighted by atomic mass is 9.85. The highest BCUT2D eigenvalue weighted by molar-refractivity contribution is 5.87. The lowest BCUT2D eigenvalue weighted by Gasteiger charge is -2.38. The van der Waals surface area contributed by atoms with E-state index in [-0.39, 0.29) is 21.5 Å². The third-order valence-electron chi connectivity index (χ3n) is 4.24. The highest BCUT2D eigenvalue weighted by Gasteiger charge is 2.74. The molecule has 0 fully saturated rings. The van der Waals surface area contributed by atoms with E-state index in [1.807, 2.05) is 0 Å². The van der Waals surface area contributed by atoms with Gasteiger partial charge in [0.15, 0.2) is 0 Å². The first-order valence-corrected chi connectivity index (χ1v) is 8.76. The fraction of sp³-hybridized carbons (Fsp3) is 0.474. The first-order chi connectivity index (χ1) is 13.5. The first kappa shape index (κ1) is 23.6. The molecular formula is C19H21F6N3O2. The molecule has 2 rings (SSSR count). The number of nitrogens with one attached hydrogen (secondary N) is 1. The Hall–Kier alpha value is -2.72. The van der Waals surface area contributed by atoms with Crippen LogP contribution in [0.5, 0.6) is 0 Å².